The Labute approximate surface area is 111 Å². The number of fused-ring (bicyclic) bond motifs is 1. The molecule has 0 amide bonds. The minimum atomic E-state index is 0.337. The maximum atomic E-state index is 11.3. The van der Waals surface area contributed by atoms with Crippen LogP contribution in [0.3, 0.4) is 0 Å². The van der Waals surface area contributed by atoms with Crippen LogP contribution in [0, 0.1) is 0 Å². The highest BCUT2D eigenvalue weighted by atomic mass is 32.2. The highest BCUT2D eigenvalue weighted by molar-refractivity contribution is 7.98. The molecule has 2 aromatic rings. The first-order chi connectivity index (χ1) is 8.69. The van der Waals surface area contributed by atoms with Crippen molar-refractivity contribution in [2.24, 2.45) is 0 Å². The van der Waals surface area contributed by atoms with E-state index in [0.717, 1.165) is 23.5 Å². The quantitative estimate of drug-likeness (QED) is 0.776. The second-order valence-corrected chi connectivity index (χ2v) is 5.19. The summed E-state index contributed by atoms with van der Waals surface area (Å²) in [6.45, 7) is 2.13. The van der Waals surface area contributed by atoms with E-state index in [0.29, 0.717) is 11.7 Å². The van der Waals surface area contributed by atoms with Gasteiger partial charge in [0.05, 0.1) is 0 Å². The third-order valence-electron chi connectivity index (χ3n) is 3.06. The maximum absolute atomic E-state index is 11.3. The smallest absolute Gasteiger partial charge is 0.170 e. The van der Waals surface area contributed by atoms with Crippen molar-refractivity contribution in [2.75, 3.05) is 24.0 Å². The molecule has 0 aliphatic rings. The molecule has 2 aromatic heterocycles. The number of rotatable bonds is 5. The SMILES string of the molecule is CSCC(C)N(C)c1nc2ccccn2c1C=O. The number of imidazole rings is 1. The van der Waals surface area contributed by atoms with Crippen LogP contribution in [-0.4, -0.2) is 40.8 Å². The molecule has 1 atom stereocenters. The lowest BCUT2D eigenvalue weighted by Crippen LogP contribution is -2.31. The van der Waals surface area contributed by atoms with E-state index in [9.17, 15) is 4.79 Å². The van der Waals surface area contributed by atoms with Gasteiger partial charge in [0.2, 0.25) is 0 Å². The van der Waals surface area contributed by atoms with Gasteiger partial charge in [-0.3, -0.25) is 9.20 Å². The van der Waals surface area contributed by atoms with E-state index >= 15 is 0 Å². The molecule has 1 unspecified atom stereocenters. The number of thioether (sulfide) groups is 1. The van der Waals surface area contributed by atoms with E-state index in [1.807, 2.05) is 35.8 Å². The third kappa shape index (κ3) is 2.22. The van der Waals surface area contributed by atoms with Crippen LogP contribution in [0.2, 0.25) is 0 Å². The van der Waals surface area contributed by atoms with E-state index < -0.39 is 0 Å². The van der Waals surface area contributed by atoms with Crippen LogP contribution in [-0.2, 0) is 0 Å². The molecular weight excluding hydrogens is 246 g/mol. The summed E-state index contributed by atoms with van der Waals surface area (Å²) < 4.78 is 1.82. The van der Waals surface area contributed by atoms with Gasteiger partial charge in [-0.1, -0.05) is 6.07 Å². The van der Waals surface area contributed by atoms with Crippen molar-refractivity contribution in [3.05, 3.63) is 30.1 Å². The summed E-state index contributed by atoms with van der Waals surface area (Å²) in [6.07, 6.45) is 4.81. The molecule has 0 saturated carbocycles. The molecule has 18 heavy (non-hydrogen) atoms. The maximum Gasteiger partial charge on any atom is 0.170 e. The van der Waals surface area contributed by atoms with Crippen molar-refractivity contribution in [3.8, 4) is 0 Å². The summed E-state index contributed by atoms with van der Waals surface area (Å²) in [5.74, 6) is 1.75. The van der Waals surface area contributed by atoms with Crippen LogP contribution in [0.4, 0.5) is 5.82 Å². The topological polar surface area (TPSA) is 37.6 Å². The van der Waals surface area contributed by atoms with Crippen LogP contribution in [0.15, 0.2) is 24.4 Å². The van der Waals surface area contributed by atoms with E-state index in [2.05, 4.69) is 23.1 Å². The molecule has 0 aliphatic heterocycles. The summed E-state index contributed by atoms with van der Waals surface area (Å²) in [6, 6.07) is 6.07. The molecule has 0 radical (unpaired) electrons. The standard InChI is InChI=1S/C13H17N3OS/c1-10(9-18-3)15(2)13-11(8-17)16-7-5-4-6-12(16)14-13/h4-8,10H,9H2,1-3H3. The minimum absolute atomic E-state index is 0.337. The minimum Gasteiger partial charge on any atom is -0.354 e. The second-order valence-electron chi connectivity index (χ2n) is 4.28. The third-order valence-corrected chi connectivity index (χ3v) is 3.88. The van der Waals surface area contributed by atoms with Gasteiger partial charge in [0.15, 0.2) is 12.1 Å². The number of aromatic nitrogens is 2. The van der Waals surface area contributed by atoms with E-state index in [1.165, 1.54) is 0 Å². The highest BCUT2D eigenvalue weighted by Crippen LogP contribution is 2.21. The predicted octanol–water partition coefficient (Wildman–Crippen LogP) is 2.33. The summed E-state index contributed by atoms with van der Waals surface area (Å²) in [4.78, 5) is 17.9. The summed E-state index contributed by atoms with van der Waals surface area (Å²) in [5, 5.41) is 0. The van der Waals surface area contributed by atoms with Crippen molar-refractivity contribution in [2.45, 2.75) is 13.0 Å². The van der Waals surface area contributed by atoms with Crippen molar-refractivity contribution >= 4 is 29.5 Å². The number of nitrogens with zero attached hydrogens (tertiary/aromatic N) is 3. The molecule has 0 N–H and O–H groups in total. The molecule has 96 valence electrons. The first-order valence-electron chi connectivity index (χ1n) is 5.83. The van der Waals surface area contributed by atoms with Gasteiger partial charge in [0.1, 0.15) is 11.3 Å². The Kier molecular flexibility index (Phi) is 3.91. The Balaban J connectivity index is 2.46. The summed E-state index contributed by atoms with van der Waals surface area (Å²) in [5.41, 5.74) is 1.42. The number of carbonyl (C=O) groups excluding carboxylic acids is 1. The van der Waals surface area contributed by atoms with Crippen molar-refractivity contribution in [3.63, 3.8) is 0 Å². The number of aldehydes is 1. The molecule has 5 heteroatoms. The zero-order valence-corrected chi connectivity index (χ0v) is 11.6. The number of hydrogen-bond donors (Lipinski definition) is 0. The van der Waals surface area contributed by atoms with Gasteiger partial charge in [0.25, 0.3) is 0 Å². The Morgan fingerprint density at radius 3 is 3.00 bits per heavy atom. The molecule has 0 bridgehead atoms. The van der Waals surface area contributed by atoms with Gasteiger partial charge < -0.3 is 4.90 Å². The Morgan fingerprint density at radius 2 is 2.33 bits per heavy atom. The number of hydrogen-bond acceptors (Lipinski definition) is 4. The predicted molar refractivity (Wildman–Crippen MR) is 76.8 cm³/mol. The van der Waals surface area contributed by atoms with Gasteiger partial charge in [-0.05, 0) is 25.3 Å². The normalized spacial score (nSPS) is 12.6. The lowest BCUT2D eigenvalue weighted by atomic mass is 10.3. The fourth-order valence-corrected chi connectivity index (χ4v) is 2.64. The second kappa shape index (κ2) is 5.44. The summed E-state index contributed by atoms with van der Waals surface area (Å²) >= 11 is 1.79. The zero-order chi connectivity index (χ0) is 13.1. The fourth-order valence-electron chi connectivity index (χ4n) is 1.93. The van der Waals surface area contributed by atoms with E-state index in [4.69, 9.17) is 0 Å². The first-order valence-corrected chi connectivity index (χ1v) is 7.22. The molecule has 4 nitrogen and oxygen atoms in total. The van der Waals surface area contributed by atoms with Crippen molar-refractivity contribution < 1.29 is 4.79 Å². The van der Waals surface area contributed by atoms with Crippen LogP contribution in [0.1, 0.15) is 17.4 Å². The lowest BCUT2D eigenvalue weighted by Gasteiger charge is -2.24. The van der Waals surface area contributed by atoms with Crippen LogP contribution >= 0.6 is 11.8 Å². The number of carbonyl (C=O) groups is 1. The molecule has 0 aliphatic carbocycles. The molecule has 2 rings (SSSR count). The average Bonchev–Trinajstić information content (AvgIpc) is 2.76. The Morgan fingerprint density at radius 1 is 1.56 bits per heavy atom. The van der Waals surface area contributed by atoms with Crippen LogP contribution in [0.5, 0.6) is 0 Å². The van der Waals surface area contributed by atoms with Crippen LogP contribution < -0.4 is 4.90 Å². The van der Waals surface area contributed by atoms with Gasteiger partial charge in [-0.15, -0.1) is 0 Å². The Bertz CT molecular complexity index is 552. The average molecular weight is 263 g/mol. The van der Waals surface area contributed by atoms with Gasteiger partial charge >= 0.3 is 0 Å². The van der Waals surface area contributed by atoms with Crippen LogP contribution in [0.25, 0.3) is 5.65 Å². The first kappa shape index (κ1) is 13.0. The zero-order valence-electron chi connectivity index (χ0n) is 10.8. The molecule has 2 heterocycles. The number of pyridine rings is 1. The molecule has 0 fully saturated rings. The van der Waals surface area contributed by atoms with E-state index in [1.54, 1.807) is 11.8 Å². The molecular formula is C13H17N3OS. The van der Waals surface area contributed by atoms with Crippen molar-refractivity contribution in [1.82, 2.24) is 9.38 Å². The summed E-state index contributed by atoms with van der Waals surface area (Å²) in [7, 11) is 1.98. The Hall–Kier alpha value is -1.49. The van der Waals surface area contributed by atoms with Crippen molar-refractivity contribution in [1.29, 1.82) is 0 Å². The lowest BCUT2D eigenvalue weighted by molar-refractivity contribution is 0.111. The number of anilines is 1. The molecule has 0 spiro atoms. The van der Waals surface area contributed by atoms with Gasteiger partial charge in [-0.2, -0.15) is 11.8 Å². The highest BCUT2D eigenvalue weighted by Gasteiger charge is 2.18. The van der Waals surface area contributed by atoms with Gasteiger partial charge in [-0.25, -0.2) is 4.98 Å². The monoisotopic (exact) mass is 263 g/mol. The molecule has 0 saturated heterocycles. The fraction of sp³-hybridized carbons (Fsp3) is 0.385. The van der Waals surface area contributed by atoms with Gasteiger partial charge in [0, 0.05) is 25.0 Å². The largest absolute Gasteiger partial charge is 0.354 e. The van der Waals surface area contributed by atoms with E-state index in [-0.39, 0.29) is 0 Å². The molecule has 0 aromatic carbocycles.